The van der Waals surface area contributed by atoms with Crippen molar-refractivity contribution in [2.24, 2.45) is 0 Å². The Morgan fingerprint density at radius 3 is 2.28 bits per heavy atom. The largest absolute Gasteiger partial charge is 0.496 e. The average Bonchev–Trinajstić information content (AvgIpc) is 2.24. The third-order valence-electron chi connectivity index (χ3n) is 2.95. The SMILES string of the molecule is COc1c(C)c(C)cc(C)c1CNCC(F)(F)F. The maximum atomic E-state index is 12.1. The number of ether oxygens (including phenoxy) is 1. The van der Waals surface area contributed by atoms with E-state index in [4.69, 9.17) is 4.74 Å². The van der Waals surface area contributed by atoms with E-state index in [2.05, 4.69) is 5.32 Å². The summed E-state index contributed by atoms with van der Waals surface area (Å²) in [5.41, 5.74) is 3.75. The van der Waals surface area contributed by atoms with Gasteiger partial charge in [0.05, 0.1) is 13.7 Å². The average molecular weight is 261 g/mol. The zero-order valence-electron chi connectivity index (χ0n) is 11.0. The van der Waals surface area contributed by atoms with Crippen molar-refractivity contribution < 1.29 is 17.9 Å². The van der Waals surface area contributed by atoms with Crippen LogP contribution in [0.2, 0.25) is 0 Å². The quantitative estimate of drug-likeness (QED) is 0.898. The van der Waals surface area contributed by atoms with Gasteiger partial charge in [0.1, 0.15) is 5.75 Å². The summed E-state index contributed by atoms with van der Waals surface area (Å²) >= 11 is 0. The number of alkyl halides is 3. The second-order valence-electron chi connectivity index (χ2n) is 4.37. The molecule has 0 aliphatic heterocycles. The molecule has 0 heterocycles. The van der Waals surface area contributed by atoms with E-state index in [1.165, 1.54) is 7.11 Å². The second kappa shape index (κ2) is 5.61. The van der Waals surface area contributed by atoms with Gasteiger partial charge in [-0.05, 0) is 37.5 Å². The number of halogens is 3. The molecule has 1 rings (SSSR count). The summed E-state index contributed by atoms with van der Waals surface area (Å²) in [6, 6.07) is 1.96. The number of hydrogen-bond donors (Lipinski definition) is 1. The lowest BCUT2D eigenvalue weighted by molar-refractivity contribution is -0.125. The number of rotatable bonds is 4. The number of nitrogens with one attached hydrogen (secondary N) is 1. The van der Waals surface area contributed by atoms with Gasteiger partial charge in [-0.2, -0.15) is 13.2 Å². The van der Waals surface area contributed by atoms with Crippen molar-refractivity contribution >= 4 is 0 Å². The summed E-state index contributed by atoms with van der Waals surface area (Å²) in [4.78, 5) is 0. The molecular formula is C13H18F3NO. The molecule has 0 saturated carbocycles. The minimum absolute atomic E-state index is 0.148. The van der Waals surface area contributed by atoms with Crippen molar-refractivity contribution in [3.05, 3.63) is 28.3 Å². The second-order valence-corrected chi connectivity index (χ2v) is 4.37. The van der Waals surface area contributed by atoms with Crippen LogP contribution in [-0.4, -0.2) is 19.8 Å². The van der Waals surface area contributed by atoms with Gasteiger partial charge in [-0.3, -0.25) is 0 Å². The van der Waals surface area contributed by atoms with Crippen LogP contribution in [0.5, 0.6) is 5.75 Å². The van der Waals surface area contributed by atoms with Gasteiger partial charge in [0.15, 0.2) is 0 Å². The van der Waals surface area contributed by atoms with Crippen LogP contribution in [0.3, 0.4) is 0 Å². The minimum atomic E-state index is -4.19. The molecule has 0 saturated heterocycles. The Morgan fingerprint density at radius 1 is 1.17 bits per heavy atom. The lowest BCUT2D eigenvalue weighted by Crippen LogP contribution is -2.28. The fourth-order valence-corrected chi connectivity index (χ4v) is 1.93. The highest BCUT2D eigenvalue weighted by atomic mass is 19.4. The van der Waals surface area contributed by atoms with E-state index in [0.29, 0.717) is 5.75 Å². The van der Waals surface area contributed by atoms with E-state index in [-0.39, 0.29) is 6.54 Å². The Morgan fingerprint density at radius 2 is 1.78 bits per heavy atom. The molecule has 0 aliphatic rings. The van der Waals surface area contributed by atoms with Gasteiger partial charge in [-0.25, -0.2) is 0 Å². The smallest absolute Gasteiger partial charge is 0.401 e. The number of aryl methyl sites for hydroxylation is 2. The van der Waals surface area contributed by atoms with E-state index in [1.54, 1.807) is 0 Å². The molecule has 0 amide bonds. The Balaban J connectivity index is 2.91. The molecule has 18 heavy (non-hydrogen) atoms. The summed E-state index contributed by atoms with van der Waals surface area (Å²) in [6.07, 6.45) is -4.19. The number of hydrogen-bond acceptors (Lipinski definition) is 2. The molecule has 0 spiro atoms. The lowest BCUT2D eigenvalue weighted by atomic mass is 9.99. The van der Waals surface area contributed by atoms with Crippen LogP contribution in [0.15, 0.2) is 6.07 Å². The third-order valence-corrected chi connectivity index (χ3v) is 2.95. The molecule has 0 radical (unpaired) electrons. The van der Waals surface area contributed by atoms with E-state index < -0.39 is 12.7 Å². The molecule has 102 valence electrons. The van der Waals surface area contributed by atoms with Gasteiger partial charge in [0, 0.05) is 12.1 Å². The maximum Gasteiger partial charge on any atom is 0.401 e. The minimum Gasteiger partial charge on any atom is -0.496 e. The van der Waals surface area contributed by atoms with Crippen LogP contribution < -0.4 is 10.1 Å². The molecule has 1 aromatic rings. The Labute approximate surface area is 105 Å². The summed E-state index contributed by atoms with van der Waals surface area (Å²) in [5.74, 6) is 0.669. The fraction of sp³-hybridized carbons (Fsp3) is 0.538. The van der Waals surface area contributed by atoms with Crippen LogP contribution >= 0.6 is 0 Å². The number of benzene rings is 1. The molecule has 0 bridgehead atoms. The highest BCUT2D eigenvalue weighted by molar-refractivity contribution is 5.49. The summed E-state index contributed by atoms with van der Waals surface area (Å²) in [6.45, 7) is 4.89. The summed E-state index contributed by atoms with van der Waals surface area (Å²) in [7, 11) is 1.54. The van der Waals surface area contributed by atoms with Crippen molar-refractivity contribution in [2.75, 3.05) is 13.7 Å². The molecule has 1 aromatic carbocycles. The lowest BCUT2D eigenvalue weighted by Gasteiger charge is -2.17. The predicted molar refractivity (Wildman–Crippen MR) is 65.0 cm³/mol. The van der Waals surface area contributed by atoms with Crippen LogP contribution in [0.4, 0.5) is 13.2 Å². The first-order chi connectivity index (χ1) is 8.26. The van der Waals surface area contributed by atoms with Crippen LogP contribution in [-0.2, 0) is 6.54 Å². The van der Waals surface area contributed by atoms with Crippen molar-refractivity contribution in [2.45, 2.75) is 33.5 Å². The van der Waals surface area contributed by atoms with Crippen molar-refractivity contribution in [3.8, 4) is 5.75 Å². The molecule has 0 fully saturated rings. The standard InChI is InChI=1S/C13H18F3NO/c1-8-5-9(2)11(12(18-4)10(8)3)6-17-7-13(14,15)16/h5,17H,6-7H2,1-4H3. The highest BCUT2D eigenvalue weighted by Crippen LogP contribution is 2.29. The van der Waals surface area contributed by atoms with Crippen molar-refractivity contribution in [1.29, 1.82) is 0 Å². The highest BCUT2D eigenvalue weighted by Gasteiger charge is 2.26. The Bertz CT molecular complexity index is 427. The molecule has 5 heteroatoms. The van der Waals surface area contributed by atoms with Crippen LogP contribution in [0.1, 0.15) is 22.3 Å². The van der Waals surface area contributed by atoms with Gasteiger partial charge < -0.3 is 10.1 Å². The molecule has 1 N–H and O–H groups in total. The van der Waals surface area contributed by atoms with Gasteiger partial charge in [0.2, 0.25) is 0 Å². The van der Waals surface area contributed by atoms with E-state index in [1.807, 2.05) is 26.8 Å². The first-order valence-electron chi connectivity index (χ1n) is 5.67. The topological polar surface area (TPSA) is 21.3 Å². The van der Waals surface area contributed by atoms with E-state index in [9.17, 15) is 13.2 Å². The monoisotopic (exact) mass is 261 g/mol. The van der Waals surface area contributed by atoms with E-state index >= 15 is 0 Å². The molecular weight excluding hydrogens is 243 g/mol. The first kappa shape index (κ1) is 14.8. The molecule has 0 atom stereocenters. The van der Waals surface area contributed by atoms with Gasteiger partial charge in [-0.1, -0.05) is 6.07 Å². The predicted octanol–water partition coefficient (Wildman–Crippen LogP) is 3.27. The van der Waals surface area contributed by atoms with Crippen LogP contribution in [0.25, 0.3) is 0 Å². The zero-order valence-corrected chi connectivity index (χ0v) is 11.0. The Hall–Kier alpha value is -1.23. The molecule has 0 aromatic heterocycles. The normalized spacial score (nSPS) is 11.7. The van der Waals surface area contributed by atoms with Gasteiger partial charge in [-0.15, -0.1) is 0 Å². The molecule has 0 unspecified atom stereocenters. The van der Waals surface area contributed by atoms with Crippen LogP contribution in [0, 0.1) is 20.8 Å². The maximum absolute atomic E-state index is 12.1. The summed E-state index contributed by atoms with van der Waals surface area (Å²) in [5, 5.41) is 2.40. The molecule has 2 nitrogen and oxygen atoms in total. The number of methoxy groups -OCH3 is 1. The molecule has 0 aliphatic carbocycles. The zero-order chi connectivity index (χ0) is 13.9. The Kier molecular flexibility index (Phi) is 4.62. The van der Waals surface area contributed by atoms with Crippen molar-refractivity contribution in [1.82, 2.24) is 5.32 Å². The summed E-state index contributed by atoms with van der Waals surface area (Å²) < 4.78 is 41.6. The fourth-order valence-electron chi connectivity index (χ4n) is 1.93. The third kappa shape index (κ3) is 3.63. The van der Waals surface area contributed by atoms with E-state index in [0.717, 1.165) is 22.3 Å². The first-order valence-corrected chi connectivity index (χ1v) is 5.67. The van der Waals surface area contributed by atoms with Crippen molar-refractivity contribution in [3.63, 3.8) is 0 Å². The van der Waals surface area contributed by atoms with Gasteiger partial charge in [0.25, 0.3) is 0 Å². The van der Waals surface area contributed by atoms with Gasteiger partial charge >= 0.3 is 6.18 Å².